The molecule has 8 nitrogen and oxygen atoms in total. The van der Waals surface area contributed by atoms with Gasteiger partial charge in [-0.05, 0) is 36.4 Å². The molecule has 0 atom stereocenters. The van der Waals surface area contributed by atoms with Gasteiger partial charge in [0.25, 0.3) is 0 Å². The van der Waals surface area contributed by atoms with Crippen LogP contribution in [-0.4, -0.2) is 38.2 Å². The third-order valence-corrected chi connectivity index (χ3v) is 5.70. The molecular weight excluding hydrogens is 454 g/mol. The van der Waals surface area contributed by atoms with E-state index in [9.17, 15) is 13.6 Å². The third-order valence-electron chi connectivity index (χ3n) is 5.70. The molecule has 0 aliphatic carbocycles. The number of ether oxygens (including phenoxy) is 1. The number of anilines is 2. The molecule has 0 aliphatic rings. The zero-order chi connectivity index (χ0) is 24.5. The minimum absolute atomic E-state index is 0.225. The Hall–Kier alpha value is -4.60. The second kappa shape index (κ2) is 8.98. The van der Waals surface area contributed by atoms with E-state index >= 15 is 0 Å². The van der Waals surface area contributed by atoms with Crippen molar-refractivity contribution in [1.82, 2.24) is 24.1 Å². The zero-order valence-corrected chi connectivity index (χ0v) is 18.9. The van der Waals surface area contributed by atoms with Crippen LogP contribution >= 0.6 is 0 Å². The summed E-state index contributed by atoms with van der Waals surface area (Å²) in [7, 11) is 3.31. The first kappa shape index (κ1) is 22.2. The molecule has 0 spiro atoms. The van der Waals surface area contributed by atoms with Gasteiger partial charge in [-0.25, -0.2) is 23.1 Å². The van der Waals surface area contributed by atoms with Crippen LogP contribution in [0.2, 0.25) is 0 Å². The van der Waals surface area contributed by atoms with Crippen molar-refractivity contribution in [2.45, 2.75) is 6.54 Å². The summed E-state index contributed by atoms with van der Waals surface area (Å²) in [4.78, 5) is 28.5. The highest BCUT2D eigenvalue weighted by molar-refractivity contribution is 5.75. The minimum Gasteiger partial charge on any atom is -0.497 e. The molecule has 0 aliphatic heterocycles. The van der Waals surface area contributed by atoms with E-state index in [1.54, 1.807) is 60.7 Å². The van der Waals surface area contributed by atoms with Crippen LogP contribution in [0.25, 0.3) is 16.9 Å². The smallest absolute Gasteiger partial charge is 0.335 e. The molecule has 0 fully saturated rings. The number of halogens is 2. The molecule has 10 heteroatoms. The average Bonchev–Trinajstić information content (AvgIpc) is 3.16. The van der Waals surface area contributed by atoms with Crippen molar-refractivity contribution in [3.63, 3.8) is 0 Å². The number of benzene rings is 2. The number of rotatable bonds is 6. The van der Waals surface area contributed by atoms with Crippen molar-refractivity contribution in [3.8, 4) is 11.4 Å². The van der Waals surface area contributed by atoms with E-state index in [1.807, 2.05) is 0 Å². The lowest BCUT2D eigenvalue weighted by Gasteiger charge is -2.16. The van der Waals surface area contributed by atoms with E-state index in [0.717, 1.165) is 17.8 Å². The van der Waals surface area contributed by atoms with E-state index in [1.165, 1.54) is 28.5 Å². The molecule has 0 radical (unpaired) electrons. The van der Waals surface area contributed by atoms with Crippen LogP contribution in [0.1, 0.15) is 5.56 Å². The normalized spacial score (nSPS) is 11.1. The number of methoxy groups -OCH3 is 1. The first-order valence-corrected chi connectivity index (χ1v) is 10.7. The van der Waals surface area contributed by atoms with Crippen molar-refractivity contribution in [1.29, 1.82) is 0 Å². The number of imidazole rings is 1. The Labute approximate surface area is 198 Å². The molecule has 5 rings (SSSR count). The molecule has 176 valence electrons. The summed E-state index contributed by atoms with van der Waals surface area (Å²) in [6, 6.07) is 14.1. The lowest BCUT2D eigenvalue weighted by molar-refractivity contribution is 0.414. The van der Waals surface area contributed by atoms with Gasteiger partial charge < -0.3 is 9.64 Å². The van der Waals surface area contributed by atoms with Gasteiger partial charge in [-0.1, -0.05) is 12.1 Å². The van der Waals surface area contributed by atoms with Crippen LogP contribution in [0.5, 0.6) is 5.75 Å². The summed E-state index contributed by atoms with van der Waals surface area (Å²) in [5.41, 5.74) is 1.15. The summed E-state index contributed by atoms with van der Waals surface area (Å²) >= 11 is 0. The van der Waals surface area contributed by atoms with Crippen LogP contribution in [-0.2, 0) is 6.54 Å². The second-order valence-electron chi connectivity index (χ2n) is 7.75. The Morgan fingerprint density at radius 2 is 1.74 bits per heavy atom. The standard InChI is InChI=1S/C25H20F2N6O2/c1-31(16-9-11-28-12-10-16)24-29-14-22-23(30-24)33(17-5-3-6-18(13-17)35-2)25(34)32(22)15-19-20(26)7-4-8-21(19)27/h3-14H,15H2,1-2H3. The number of hydrogen-bond donors (Lipinski definition) is 0. The number of aromatic nitrogens is 5. The fraction of sp³-hybridized carbons (Fsp3) is 0.120. The highest BCUT2D eigenvalue weighted by Crippen LogP contribution is 2.25. The monoisotopic (exact) mass is 474 g/mol. The molecule has 5 aromatic rings. The Balaban J connectivity index is 1.73. The summed E-state index contributed by atoms with van der Waals surface area (Å²) in [6.45, 7) is -0.326. The fourth-order valence-electron chi connectivity index (χ4n) is 3.85. The molecule has 0 unspecified atom stereocenters. The first-order chi connectivity index (χ1) is 17.0. The highest BCUT2D eigenvalue weighted by atomic mass is 19.1. The maximum atomic E-state index is 14.4. The Bertz CT molecular complexity index is 1560. The van der Waals surface area contributed by atoms with Crippen molar-refractivity contribution in [2.24, 2.45) is 0 Å². The Morgan fingerprint density at radius 1 is 1.03 bits per heavy atom. The van der Waals surface area contributed by atoms with E-state index in [-0.39, 0.29) is 17.8 Å². The molecule has 3 heterocycles. The molecule has 35 heavy (non-hydrogen) atoms. The second-order valence-corrected chi connectivity index (χ2v) is 7.75. The fourth-order valence-corrected chi connectivity index (χ4v) is 3.85. The summed E-state index contributed by atoms with van der Waals surface area (Å²) < 4.78 is 36.8. The minimum atomic E-state index is -0.742. The largest absolute Gasteiger partial charge is 0.497 e. The van der Waals surface area contributed by atoms with E-state index < -0.39 is 17.3 Å². The molecule has 0 amide bonds. The van der Waals surface area contributed by atoms with Gasteiger partial charge in [0.2, 0.25) is 5.95 Å². The molecule has 0 saturated carbocycles. The molecular formula is C25H20F2N6O2. The Kier molecular flexibility index (Phi) is 5.69. The molecule has 0 saturated heterocycles. The van der Waals surface area contributed by atoms with Crippen molar-refractivity contribution >= 4 is 22.8 Å². The molecule has 3 aromatic heterocycles. The molecule has 2 aromatic carbocycles. The maximum absolute atomic E-state index is 14.4. The SMILES string of the molecule is COc1cccc(-n2c(=O)n(Cc3c(F)cccc3F)c3cnc(N(C)c4ccncc4)nc32)c1. The molecule has 0 bridgehead atoms. The van der Waals surface area contributed by atoms with Gasteiger partial charge >= 0.3 is 5.69 Å². The third kappa shape index (κ3) is 3.99. The molecule has 0 N–H and O–H groups in total. The van der Waals surface area contributed by atoms with Gasteiger partial charge in [-0.15, -0.1) is 0 Å². The maximum Gasteiger partial charge on any atom is 0.335 e. The van der Waals surface area contributed by atoms with Crippen molar-refractivity contribution < 1.29 is 13.5 Å². The lowest BCUT2D eigenvalue weighted by atomic mass is 10.2. The van der Waals surface area contributed by atoms with Gasteiger partial charge in [0, 0.05) is 36.8 Å². The lowest BCUT2D eigenvalue weighted by Crippen LogP contribution is -2.24. The van der Waals surface area contributed by atoms with Crippen LogP contribution in [0.3, 0.4) is 0 Å². The zero-order valence-electron chi connectivity index (χ0n) is 18.9. The van der Waals surface area contributed by atoms with Crippen LogP contribution in [0.4, 0.5) is 20.4 Å². The topological polar surface area (TPSA) is 78.1 Å². The van der Waals surface area contributed by atoms with Crippen molar-refractivity contribution in [3.05, 3.63) is 101 Å². The van der Waals surface area contributed by atoms with Gasteiger partial charge in [-0.3, -0.25) is 9.55 Å². The predicted octanol–water partition coefficient (Wildman–Crippen LogP) is 4.08. The number of pyridine rings is 1. The van der Waals surface area contributed by atoms with E-state index in [2.05, 4.69) is 15.0 Å². The van der Waals surface area contributed by atoms with E-state index in [0.29, 0.717) is 22.9 Å². The first-order valence-electron chi connectivity index (χ1n) is 10.7. The van der Waals surface area contributed by atoms with Crippen molar-refractivity contribution in [2.75, 3.05) is 19.1 Å². The summed E-state index contributed by atoms with van der Waals surface area (Å²) in [6.07, 6.45) is 4.78. The number of fused-ring (bicyclic) bond motifs is 1. The number of hydrogen-bond acceptors (Lipinski definition) is 6. The summed E-state index contributed by atoms with van der Waals surface area (Å²) in [5, 5.41) is 0. The average molecular weight is 474 g/mol. The van der Waals surface area contributed by atoms with Crippen LogP contribution in [0.15, 0.2) is 78.0 Å². The van der Waals surface area contributed by atoms with E-state index in [4.69, 9.17) is 4.74 Å². The highest BCUT2D eigenvalue weighted by Gasteiger charge is 2.21. The Morgan fingerprint density at radius 3 is 2.46 bits per heavy atom. The predicted molar refractivity (Wildman–Crippen MR) is 127 cm³/mol. The quantitative estimate of drug-likeness (QED) is 0.369. The van der Waals surface area contributed by atoms with Crippen LogP contribution in [0, 0.1) is 11.6 Å². The van der Waals surface area contributed by atoms with Crippen LogP contribution < -0.4 is 15.3 Å². The van der Waals surface area contributed by atoms with Gasteiger partial charge in [-0.2, -0.15) is 4.98 Å². The van der Waals surface area contributed by atoms with Gasteiger partial charge in [0.1, 0.15) is 22.9 Å². The van der Waals surface area contributed by atoms with Gasteiger partial charge in [0.05, 0.1) is 25.5 Å². The summed E-state index contributed by atoms with van der Waals surface area (Å²) in [5.74, 6) is -0.614. The number of nitrogens with zero attached hydrogens (tertiary/aromatic N) is 6. The van der Waals surface area contributed by atoms with Gasteiger partial charge in [0.15, 0.2) is 5.65 Å².